The zero-order chi connectivity index (χ0) is 19.5. The number of amides is 1. The van der Waals surface area contributed by atoms with Crippen LogP contribution in [0.3, 0.4) is 0 Å². The molecule has 1 amide bonds. The van der Waals surface area contributed by atoms with Gasteiger partial charge in [0, 0.05) is 32.2 Å². The summed E-state index contributed by atoms with van der Waals surface area (Å²) in [5.74, 6) is 2.08. The monoisotopic (exact) mass is 385 g/mol. The van der Waals surface area contributed by atoms with Gasteiger partial charge in [0.25, 0.3) is 5.56 Å². The van der Waals surface area contributed by atoms with Gasteiger partial charge in [-0.25, -0.2) is 4.98 Å². The van der Waals surface area contributed by atoms with Crippen LogP contribution in [0.15, 0.2) is 29.1 Å². The zero-order valence-electron chi connectivity index (χ0n) is 15.8. The highest BCUT2D eigenvalue weighted by atomic mass is 16.7. The molecule has 2 aliphatic rings. The number of rotatable bonds is 5. The number of fused-ring (bicyclic) bond motifs is 1. The second-order valence-electron chi connectivity index (χ2n) is 7.10. The number of hydrogen-bond donors (Lipinski definition) is 1. The third kappa shape index (κ3) is 4.01. The Labute approximate surface area is 162 Å². The van der Waals surface area contributed by atoms with Crippen molar-refractivity contribution in [3.8, 4) is 11.5 Å². The van der Waals surface area contributed by atoms with Gasteiger partial charge in [-0.15, -0.1) is 0 Å². The lowest BCUT2D eigenvalue weighted by molar-refractivity contribution is -0.131. The minimum absolute atomic E-state index is 0.0129. The molecule has 148 valence electrons. The number of likely N-dealkylation sites (tertiary alicyclic amines) is 1. The average Bonchev–Trinajstić information content (AvgIpc) is 3.16. The summed E-state index contributed by atoms with van der Waals surface area (Å²) >= 11 is 0. The number of piperidine rings is 1. The lowest BCUT2D eigenvalue weighted by atomic mass is 9.96. The van der Waals surface area contributed by atoms with Crippen LogP contribution in [-0.4, -0.2) is 47.8 Å². The molecule has 1 saturated heterocycles. The molecule has 2 aliphatic heterocycles. The van der Waals surface area contributed by atoms with Crippen LogP contribution in [-0.2, 0) is 22.6 Å². The summed E-state index contributed by atoms with van der Waals surface area (Å²) < 4.78 is 15.8. The van der Waals surface area contributed by atoms with Gasteiger partial charge in [-0.2, -0.15) is 0 Å². The minimum atomic E-state index is -0.194. The number of carbonyl (C=O) groups excluding carboxylic acids is 1. The summed E-state index contributed by atoms with van der Waals surface area (Å²) in [6.45, 7) is 1.76. The highest BCUT2D eigenvalue weighted by Crippen LogP contribution is 2.33. The molecule has 0 bridgehead atoms. The Morgan fingerprint density at radius 2 is 2.18 bits per heavy atom. The second kappa shape index (κ2) is 8.02. The van der Waals surface area contributed by atoms with Crippen molar-refractivity contribution in [1.29, 1.82) is 0 Å². The molecule has 1 fully saturated rings. The molecule has 1 aromatic heterocycles. The molecule has 3 heterocycles. The first-order valence-electron chi connectivity index (χ1n) is 9.38. The first-order valence-corrected chi connectivity index (χ1v) is 9.38. The molecule has 1 N–H and O–H groups in total. The first kappa shape index (κ1) is 18.5. The number of hydrogen-bond acceptors (Lipinski definition) is 6. The Kier molecular flexibility index (Phi) is 5.29. The smallest absolute Gasteiger partial charge is 0.251 e. The van der Waals surface area contributed by atoms with Crippen LogP contribution >= 0.6 is 0 Å². The van der Waals surface area contributed by atoms with Crippen molar-refractivity contribution in [2.75, 3.05) is 27.0 Å². The largest absolute Gasteiger partial charge is 0.454 e. The maximum Gasteiger partial charge on any atom is 0.251 e. The fourth-order valence-electron chi connectivity index (χ4n) is 3.71. The Morgan fingerprint density at radius 3 is 3.04 bits per heavy atom. The van der Waals surface area contributed by atoms with Crippen LogP contribution < -0.4 is 15.0 Å². The topological polar surface area (TPSA) is 93.8 Å². The lowest BCUT2D eigenvalue weighted by Crippen LogP contribution is -2.40. The van der Waals surface area contributed by atoms with Gasteiger partial charge in [0.2, 0.25) is 12.7 Å². The number of nitrogens with one attached hydrogen (secondary N) is 1. The van der Waals surface area contributed by atoms with E-state index in [0.717, 1.165) is 18.4 Å². The van der Waals surface area contributed by atoms with Gasteiger partial charge >= 0.3 is 0 Å². The zero-order valence-corrected chi connectivity index (χ0v) is 15.8. The SMILES string of the molecule is COCc1cc(=O)[nH]c([C@@H]2CCCN(C(=O)Cc3ccc4c(c3)OCO4)C2)n1. The van der Waals surface area contributed by atoms with E-state index in [-0.39, 0.29) is 30.8 Å². The molecule has 2 aromatic rings. The number of ether oxygens (including phenoxy) is 3. The van der Waals surface area contributed by atoms with Crippen LogP contribution in [0.2, 0.25) is 0 Å². The Bertz CT molecular complexity index is 926. The van der Waals surface area contributed by atoms with Gasteiger partial charge < -0.3 is 24.1 Å². The van der Waals surface area contributed by atoms with E-state index in [1.165, 1.54) is 6.07 Å². The van der Waals surface area contributed by atoms with E-state index in [1.807, 2.05) is 23.1 Å². The van der Waals surface area contributed by atoms with Crippen LogP contribution in [0, 0.1) is 0 Å². The van der Waals surface area contributed by atoms with E-state index in [4.69, 9.17) is 14.2 Å². The van der Waals surface area contributed by atoms with Crippen molar-refractivity contribution in [3.05, 3.63) is 51.7 Å². The third-order valence-electron chi connectivity index (χ3n) is 5.06. The summed E-state index contributed by atoms with van der Waals surface area (Å²) in [7, 11) is 1.57. The number of nitrogens with zero attached hydrogens (tertiary/aromatic N) is 2. The van der Waals surface area contributed by atoms with E-state index >= 15 is 0 Å². The quantitative estimate of drug-likeness (QED) is 0.840. The Hall–Kier alpha value is -2.87. The summed E-state index contributed by atoms with van der Waals surface area (Å²) in [4.78, 5) is 33.9. The van der Waals surface area contributed by atoms with Crippen molar-refractivity contribution in [1.82, 2.24) is 14.9 Å². The number of methoxy groups -OCH3 is 1. The number of carbonyl (C=O) groups is 1. The molecule has 1 aromatic carbocycles. The summed E-state index contributed by atoms with van der Waals surface area (Å²) in [5.41, 5.74) is 1.30. The van der Waals surface area contributed by atoms with Crippen LogP contribution in [0.5, 0.6) is 11.5 Å². The van der Waals surface area contributed by atoms with Crippen LogP contribution in [0.4, 0.5) is 0 Å². The normalized spacial score (nSPS) is 18.3. The fourth-order valence-corrected chi connectivity index (χ4v) is 3.71. The average molecular weight is 385 g/mol. The molecular formula is C20H23N3O5. The van der Waals surface area contributed by atoms with E-state index in [0.29, 0.717) is 42.5 Å². The van der Waals surface area contributed by atoms with Crippen molar-refractivity contribution in [2.45, 2.75) is 31.8 Å². The molecular weight excluding hydrogens is 362 g/mol. The maximum absolute atomic E-state index is 12.8. The predicted molar refractivity (Wildman–Crippen MR) is 100 cm³/mol. The van der Waals surface area contributed by atoms with Crippen LogP contribution in [0.25, 0.3) is 0 Å². The van der Waals surface area contributed by atoms with Gasteiger partial charge in [-0.3, -0.25) is 9.59 Å². The summed E-state index contributed by atoms with van der Waals surface area (Å²) in [5, 5.41) is 0. The standard InChI is InChI=1S/C20H23N3O5/c1-26-11-15-9-18(24)22-20(21-15)14-3-2-6-23(10-14)19(25)8-13-4-5-16-17(7-13)28-12-27-16/h4-5,7,9,14H,2-3,6,8,10-12H2,1H3,(H,21,22,24)/t14-/m1/s1. The molecule has 28 heavy (non-hydrogen) atoms. The molecule has 0 radical (unpaired) electrons. The second-order valence-corrected chi connectivity index (χ2v) is 7.10. The number of aromatic nitrogens is 2. The Morgan fingerprint density at radius 1 is 1.32 bits per heavy atom. The van der Waals surface area contributed by atoms with Gasteiger partial charge in [0.05, 0.1) is 18.7 Å². The fraction of sp³-hybridized carbons (Fsp3) is 0.450. The van der Waals surface area contributed by atoms with Crippen LogP contribution in [0.1, 0.15) is 35.8 Å². The molecule has 0 saturated carbocycles. The van der Waals surface area contributed by atoms with Crippen molar-refractivity contribution in [3.63, 3.8) is 0 Å². The van der Waals surface area contributed by atoms with E-state index in [2.05, 4.69) is 9.97 Å². The van der Waals surface area contributed by atoms with Crippen molar-refractivity contribution in [2.24, 2.45) is 0 Å². The van der Waals surface area contributed by atoms with Gasteiger partial charge in [0.1, 0.15) is 5.82 Å². The Balaban J connectivity index is 1.45. The minimum Gasteiger partial charge on any atom is -0.454 e. The van der Waals surface area contributed by atoms with Crippen molar-refractivity contribution >= 4 is 5.91 Å². The molecule has 0 unspecified atom stereocenters. The number of H-pyrrole nitrogens is 1. The summed E-state index contributed by atoms with van der Waals surface area (Å²) in [6, 6.07) is 7.02. The van der Waals surface area contributed by atoms with Gasteiger partial charge in [-0.05, 0) is 30.5 Å². The predicted octanol–water partition coefficient (Wildman–Crippen LogP) is 1.59. The van der Waals surface area contributed by atoms with E-state index < -0.39 is 0 Å². The molecule has 8 heteroatoms. The van der Waals surface area contributed by atoms with Gasteiger partial charge in [0.15, 0.2) is 11.5 Å². The molecule has 4 rings (SSSR count). The first-order chi connectivity index (χ1) is 13.6. The van der Waals surface area contributed by atoms with Gasteiger partial charge in [-0.1, -0.05) is 6.07 Å². The molecule has 0 spiro atoms. The molecule has 0 aliphatic carbocycles. The third-order valence-corrected chi connectivity index (χ3v) is 5.06. The van der Waals surface area contributed by atoms with E-state index in [9.17, 15) is 9.59 Å². The molecule has 8 nitrogen and oxygen atoms in total. The van der Waals surface area contributed by atoms with Crippen molar-refractivity contribution < 1.29 is 19.0 Å². The number of aromatic amines is 1. The highest BCUT2D eigenvalue weighted by molar-refractivity contribution is 5.79. The number of benzene rings is 1. The summed E-state index contributed by atoms with van der Waals surface area (Å²) in [6.07, 6.45) is 2.06. The highest BCUT2D eigenvalue weighted by Gasteiger charge is 2.27. The lowest BCUT2D eigenvalue weighted by Gasteiger charge is -2.32. The molecule has 1 atom stereocenters. The maximum atomic E-state index is 12.8. The van der Waals surface area contributed by atoms with E-state index in [1.54, 1.807) is 7.11 Å².